The van der Waals surface area contributed by atoms with Gasteiger partial charge in [0.2, 0.25) is 10.0 Å². The predicted octanol–water partition coefficient (Wildman–Crippen LogP) is 3.31. The van der Waals surface area contributed by atoms with Crippen molar-refractivity contribution >= 4 is 10.0 Å². The molecule has 1 aliphatic heterocycles. The first-order chi connectivity index (χ1) is 12.6. The van der Waals surface area contributed by atoms with Crippen molar-refractivity contribution in [1.29, 1.82) is 0 Å². The van der Waals surface area contributed by atoms with Gasteiger partial charge in [0.05, 0.1) is 4.90 Å². The molecule has 0 unspecified atom stereocenters. The van der Waals surface area contributed by atoms with Crippen LogP contribution in [0.2, 0.25) is 0 Å². The largest absolute Gasteiger partial charge is 0.303 e. The minimum Gasteiger partial charge on any atom is -0.303 e. The highest BCUT2D eigenvalue weighted by atomic mass is 32.2. The Morgan fingerprint density at radius 2 is 1.54 bits per heavy atom. The normalized spacial score (nSPS) is 16.6. The highest BCUT2D eigenvalue weighted by molar-refractivity contribution is 7.89. The Kier molecular flexibility index (Phi) is 6.83. The molecule has 0 atom stereocenters. The Morgan fingerprint density at radius 1 is 0.923 bits per heavy atom. The molecule has 1 aliphatic rings. The summed E-state index contributed by atoms with van der Waals surface area (Å²) in [6.45, 7) is 3.67. The monoisotopic (exact) mass is 372 g/mol. The van der Waals surface area contributed by atoms with Crippen LogP contribution in [0.25, 0.3) is 0 Å². The Morgan fingerprint density at radius 3 is 2.19 bits per heavy atom. The van der Waals surface area contributed by atoms with Crippen molar-refractivity contribution in [2.24, 2.45) is 5.92 Å². The predicted molar refractivity (Wildman–Crippen MR) is 106 cm³/mol. The van der Waals surface area contributed by atoms with Gasteiger partial charge in [-0.15, -0.1) is 0 Å². The van der Waals surface area contributed by atoms with Crippen LogP contribution in [-0.2, 0) is 16.4 Å². The molecule has 0 bridgehead atoms. The lowest BCUT2D eigenvalue weighted by atomic mass is 9.90. The molecule has 0 radical (unpaired) electrons. The van der Waals surface area contributed by atoms with Crippen molar-refractivity contribution < 1.29 is 8.42 Å². The third-order valence-electron chi connectivity index (χ3n) is 5.07. The average molecular weight is 373 g/mol. The average Bonchev–Trinajstić information content (AvgIpc) is 2.68. The lowest BCUT2D eigenvalue weighted by Gasteiger charge is -2.32. The fourth-order valence-electron chi connectivity index (χ4n) is 3.55. The smallest absolute Gasteiger partial charge is 0.240 e. The minimum atomic E-state index is -3.38. The summed E-state index contributed by atoms with van der Waals surface area (Å²) in [5, 5.41) is 0. The molecule has 1 N–H and O–H groups in total. The number of piperidine rings is 1. The number of likely N-dealkylation sites (tertiary alicyclic amines) is 1. The van der Waals surface area contributed by atoms with Gasteiger partial charge in [-0.1, -0.05) is 48.5 Å². The van der Waals surface area contributed by atoms with E-state index in [1.807, 2.05) is 6.07 Å². The van der Waals surface area contributed by atoms with Crippen LogP contribution in [0.3, 0.4) is 0 Å². The second-order valence-corrected chi connectivity index (χ2v) is 8.81. The molecule has 0 aromatic heterocycles. The maximum Gasteiger partial charge on any atom is 0.240 e. The maximum absolute atomic E-state index is 12.2. The molecule has 0 amide bonds. The van der Waals surface area contributed by atoms with Gasteiger partial charge >= 0.3 is 0 Å². The molecule has 3 rings (SSSR count). The Balaban J connectivity index is 1.34. The van der Waals surface area contributed by atoms with Gasteiger partial charge in [-0.05, 0) is 68.9 Å². The highest BCUT2D eigenvalue weighted by Crippen LogP contribution is 2.21. The molecule has 5 heteroatoms. The number of sulfonamides is 1. The van der Waals surface area contributed by atoms with Gasteiger partial charge < -0.3 is 4.90 Å². The number of hydrogen-bond acceptors (Lipinski definition) is 3. The number of hydrogen-bond donors (Lipinski definition) is 1. The molecule has 1 fully saturated rings. The van der Waals surface area contributed by atoms with Crippen LogP contribution in [0.15, 0.2) is 65.6 Å². The molecular weight excluding hydrogens is 344 g/mol. The molecular formula is C21H28N2O2S. The van der Waals surface area contributed by atoms with Crippen LogP contribution in [0, 0.1) is 5.92 Å². The first-order valence-electron chi connectivity index (χ1n) is 9.44. The fourth-order valence-corrected chi connectivity index (χ4v) is 4.65. The summed E-state index contributed by atoms with van der Waals surface area (Å²) < 4.78 is 27.1. The first-order valence-corrected chi connectivity index (χ1v) is 10.9. The van der Waals surface area contributed by atoms with Gasteiger partial charge in [0.1, 0.15) is 0 Å². The quantitative estimate of drug-likeness (QED) is 0.723. The van der Waals surface area contributed by atoms with Crippen molar-refractivity contribution in [1.82, 2.24) is 9.62 Å². The molecule has 1 heterocycles. The van der Waals surface area contributed by atoms with Gasteiger partial charge in [0.15, 0.2) is 0 Å². The van der Waals surface area contributed by atoms with E-state index in [0.717, 1.165) is 32.0 Å². The van der Waals surface area contributed by atoms with Gasteiger partial charge in [0.25, 0.3) is 0 Å². The summed E-state index contributed by atoms with van der Waals surface area (Å²) in [5.74, 6) is 0.769. The Hall–Kier alpha value is -1.69. The van der Waals surface area contributed by atoms with Crippen molar-refractivity contribution in [2.75, 3.05) is 26.2 Å². The van der Waals surface area contributed by atoms with Gasteiger partial charge in [-0.2, -0.15) is 0 Å². The molecule has 26 heavy (non-hydrogen) atoms. The molecule has 2 aromatic carbocycles. The summed E-state index contributed by atoms with van der Waals surface area (Å²) >= 11 is 0. The molecule has 140 valence electrons. The third-order valence-corrected chi connectivity index (χ3v) is 6.55. The van der Waals surface area contributed by atoms with E-state index in [4.69, 9.17) is 0 Å². The fraction of sp³-hybridized carbons (Fsp3) is 0.429. The van der Waals surface area contributed by atoms with E-state index in [2.05, 4.69) is 40.0 Å². The molecule has 0 aliphatic carbocycles. The number of rotatable bonds is 8. The van der Waals surface area contributed by atoms with Crippen molar-refractivity contribution in [3.63, 3.8) is 0 Å². The van der Waals surface area contributed by atoms with E-state index < -0.39 is 10.0 Å². The lowest BCUT2D eigenvalue weighted by molar-refractivity contribution is 0.183. The van der Waals surface area contributed by atoms with E-state index >= 15 is 0 Å². The van der Waals surface area contributed by atoms with Gasteiger partial charge in [-0.25, -0.2) is 13.1 Å². The standard InChI is InChI=1S/C21H28N2O2S/c24-26(25,21-10-5-2-6-11-21)22-14-7-15-23-16-12-20(13-17-23)18-19-8-3-1-4-9-19/h1-6,8-11,20,22H,7,12-18H2. The zero-order chi connectivity index (χ0) is 18.2. The zero-order valence-corrected chi connectivity index (χ0v) is 16.0. The van der Waals surface area contributed by atoms with Gasteiger partial charge in [0, 0.05) is 6.54 Å². The zero-order valence-electron chi connectivity index (χ0n) is 15.2. The SMILES string of the molecule is O=S(=O)(NCCCN1CCC(Cc2ccccc2)CC1)c1ccccc1. The molecule has 2 aromatic rings. The van der Waals surface area contributed by atoms with E-state index in [-0.39, 0.29) is 0 Å². The second-order valence-electron chi connectivity index (χ2n) is 7.04. The van der Waals surface area contributed by atoms with Crippen LogP contribution in [0.4, 0.5) is 0 Å². The van der Waals surface area contributed by atoms with Crippen molar-refractivity contribution in [3.05, 3.63) is 66.2 Å². The molecule has 0 saturated carbocycles. The Bertz CT molecular complexity index is 755. The number of nitrogens with one attached hydrogen (secondary N) is 1. The summed E-state index contributed by atoms with van der Waals surface area (Å²) in [6.07, 6.45) is 4.47. The summed E-state index contributed by atoms with van der Waals surface area (Å²) in [7, 11) is -3.38. The molecule has 1 saturated heterocycles. The third kappa shape index (κ3) is 5.66. The molecule has 0 spiro atoms. The summed E-state index contributed by atoms with van der Waals surface area (Å²) in [4.78, 5) is 2.79. The van der Waals surface area contributed by atoms with E-state index in [1.165, 1.54) is 24.8 Å². The first kappa shape index (κ1) is 19.1. The van der Waals surface area contributed by atoms with Crippen LogP contribution < -0.4 is 4.72 Å². The minimum absolute atomic E-state index is 0.335. The van der Waals surface area contributed by atoms with E-state index in [1.54, 1.807) is 24.3 Å². The lowest BCUT2D eigenvalue weighted by Crippen LogP contribution is -2.36. The van der Waals surface area contributed by atoms with Crippen LogP contribution >= 0.6 is 0 Å². The second kappa shape index (κ2) is 9.31. The highest BCUT2D eigenvalue weighted by Gasteiger charge is 2.19. The summed E-state index contributed by atoms with van der Waals surface area (Å²) in [6, 6.07) is 19.3. The van der Waals surface area contributed by atoms with E-state index in [0.29, 0.717) is 11.4 Å². The number of nitrogens with zero attached hydrogens (tertiary/aromatic N) is 1. The molecule has 4 nitrogen and oxygen atoms in total. The summed E-state index contributed by atoms with van der Waals surface area (Å²) in [5.41, 5.74) is 1.43. The van der Waals surface area contributed by atoms with Crippen molar-refractivity contribution in [3.8, 4) is 0 Å². The Labute approximate surface area is 157 Å². The van der Waals surface area contributed by atoms with Gasteiger partial charge in [-0.3, -0.25) is 0 Å². The van der Waals surface area contributed by atoms with Crippen molar-refractivity contribution in [2.45, 2.75) is 30.6 Å². The number of benzene rings is 2. The van der Waals surface area contributed by atoms with Crippen LogP contribution in [0.5, 0.6) is 0 Å². The topological polar surface area (TPSA) is 49.4 Å². The van der Waals surface area contributed by atoms with E-state index in [9.17, 15) is 8.42 Å². The van der Waals surface area contributed by atoms with Crippen LogP contribution in [0.1, 0.15) is 24.8 Å². The van der Waals surface area contributed by atoms with Crippen LogP contribution in [-0.4, -0.2) is 39.5 Å². The maximum atomic E-state index is 12.2.